The molecule has 0 radical (unpaired) electrons. The fourth-order valence-electron chi connectivity index (χ4n) is 4.56. The van der Waals surface area contributed by atoms with Crippen molar-refractivity contribution >= 4 is 58.1 Å². The van der Waals surface area contributed by atoms with Crippen LogP contribution in [0.5, 0.6) is 5.75 Å². The molecule has 45 heavy (non-hydrogen) atoms. The molecule has 0 bridgehead atoms. The number of aromatic nitrogens is 2. The molecule has 0 saturated carbocycles. The molecule has 240 valence electrons. The van der Waals surface area contributed by atoms with E-state index in [0.29, 0.717) is 39.9 Å². The molecule has 11 nitrogen and oxygen atoms in total. The predicted molar refractivity (Wildman–Crippen MR) is 169 cm³/mol. The van der Waals surface area contributed by atoms with Crippen molar-refractivity contribution in [1.82, 2.24) is 19.8 Å². The van der Waals surface area contributed by atoms with Gasteiger partial charge in [0.25, 0.3) is 0 Å². The van der Waals surface area contributed by atoms with Crippen molar-refractivity contribution in [3.05, 3.63) is 65.8 Å². The number of halogens is 4. The van der Waals surface area contributed by atoms with E-state index in [-0.39, 0.29) is 24.0 Å². The smallest absolute Gasteiger partial charge is 0.408 e. The molecule has 1 aromatic heterocycles. The lowest BCUT2D eigenvalue weighted by Crippen LogP contribution is -2.53. The van der Waals surface area contributed by atoms with E-state index in [1.807, 2.05) is 30.9 Å². The van der Waals surface area contributed by atoms with Gasteiger partial charge in [0, 0.05) is 43.0 Å². The van der Waals surface area contributed by atoms with Gasteiger partial charge in [0.2, 0.25) is 11.9 Å². The second kappa shape index (κ2) is 13.6. The Labute approximate surface area is 264 Å². The van der Waals surface area contributed by atoms with Gasteiger partial charge in [-0.05, 0) is 57.4 Å². The molecule has 3 aromatic rings. The van der Waals surface area contributed by atoms with Gasteiger partial charge >= 0.3 is 12.2 Å². The van der Waals surface area contributed by atoms with E-state index in [0.717, 1.165) is 29.3 Å². The molecule has 2 N–H and O–H groups in total. The Bertz CT molecular complexity index is 1570. The van der Waals surface area contributed by atoms with Crippen molar-refractivity contribution < 1.29 is 27.5 Å². The second-order valence-corrected chi connectivity index (χ2v) is 11.0. The Morgan fingerprint density at radius 1 is 1.18 bits per heavy atom. The number of nitrogens with one attached hydrogen (secondary N) is 2. The average molecular weight is 647 g/mol. The normalized spacial score (nSPS) is 13.8. The molecule has 1 aliphatic heterocycles. The molecule has 2 aromatic carbocycles. The lowest BCUT2D eigenvalue weighted by Gasteiger charge is -2.39. The van der Waals surface area contributed by atoms with Gasteiger partial charge in [0.15, 0.2) is 5.82 Å². The third kappa shape index (κ3) is 7.57. The first-order valence-electron chi connectivity index (χ1n) is 13.8. The van der Waals surface area contributed by atoms with Gasteiger partial charge < -0.3 is 30.1 Å². The van der Waals surface area contributed by atoms with Crippen molar-refractivity contribution in [2.24, 2.45) is 0 Å². The van der Waals surface area contributed by atoms with Gasteiger partial charge in [-0.1, -0.05) is 18.2 Å². The number of urea groups is 1. The van der Waals surface area contributed by atoms with Crippen LogP contribution in [0.4, 0.5) is 52.5 Å². The average Bonchev–Trinajstić information content (AvgIpc) is 2.99. The van der Waals surface area contributed by atoms with Crippen molar-refractivity contribution in [1.29, 1.82) is 0 Å². The Kier molecular flexibility index (Phi) is 10.1. The molecule has 0 saturated heterocycles. The molecular formula is C30H34ClF3N8O3. The largest absolute Gasteiger partial charge is 0.494 e. The summed E-state index contributed by atoms with van der Waals surface area (Å²) in [5.41, 5.74) is 2.09. The third-order valence-electron chi connectivity index (χ3n) is 7.16. The van der Waals surface area contributed by atoms with Crippen LogP contribution in [0, 0.1) is 0 Å². The summed E-state index contributed by atoms with van der Waals surface area (Å²) in [6, 6.07) is 6.52. The summed E-state index contributed by atoms with van der Waals surface area (Å²) in [5, 5.41) is 6.27. The van der Waals surface area contributed by atoms with E-state index in [4.69, 9.17) is 16.3 Å². The van der Waals surface area contributed by atoms with E-state index in [9.17, 15) is 22.8 Å². The number of alkyl halides is 3. The van der Waals surface area contributed by atoms with Gasteiger partial charge in [-0.2, -0.15) is 18.2 Å². The van der Waals surface area contributed by atoms with E-state index in [2.05, 4.69) is 27.2 Å². The number of anilines is 6. The third-order valence-corrected chi connectivity index (χ3v) is 7.41. The van der Waals surface area contributed by atoms with Gasteiger partial charge in [-0.3, -0.25) is 4.79 Å². The number of carbonyl (C=O) groups is 2. The van der Waals surface area contributed by atoms with Crippen molar-refractivity contribution in [3.63, 3.8) is 0 Å². The lowest BCUT2D eigenvalue weighted by molar-refractivity contribution is -0.172. The molecule has 1 atom stereocenters. The SMILES string of the molecule is C=CC(=O)Nc1cc(Nc2ncc3c(n2)N(c2ccc(Cl)cc2)C(=O)N([C@@H](C)C(F)(F)F)C3)c(OC)cc1N(C)CCN(C)C. The highest BCUT2D eigenvalue weighted by Crippen LogP contribution is 2.40. The molecule has 15 heteroatoms. The monoisotopic (exact) mass is 646 g/mol. The number of amides is 3. The van der Waals surface area contributed by atoms with Crippen molar-refractivity contribution in [3.8, 4) is 5.75 Å². The minimum atomic E-state index is -4.65. The van der Waals surface area contributed by atoms with E-state index < -0.39 is 24.2 Å². The fourth-order valence-corrected chi connectivity index (χ4v) is 4.69. The van der Waals surface area contributed by atoms with Crippen LogP contribution >= 0.6 is 11.6 Å². The number of benzene rings is 2. The van der Waals surface area contributed by atoms with Crippen molar-refractivity contribution in [2.45, 2.75) is 25.7 Å². The number of carbonyl (C=O) groups excluding carboxylic acids is 2. The highest BCUT2D eigenvalue weighted by molar-refractivity contribution is 6.30. The molecule has 0 fully saturated rings. The summed E-state index contributed by atoms with van der Waals surface area (Å²) < 4.78 is 46.8. The van der Waals surface area contributed by atoms with E-state index in [1.54, 1.807) is 12.1 Å². The number of fused-ring (bicyclic) bond motifs is 1. The molecule has 1 aliphatic rings. The summed E-state index contributed by atoms with van der Waals surface area (Å²) in [6.07, 6.45) is -2.13. The quantitative estimate of drug-likeness (QED) is 0.243. The highest BCUT2D eigenvalue weighted by atomic mass is 35.5. The zero-order chi connectivity index (χ0) is 33.1. The Morgan fingerprint density at radius 2 is 1.87 bits per heavy atom. The molecule has 0 spiro atoms. The minimum Gasteiger partial charge on any atom is -0.494 e. The fraction of sp³-hybridized carbons (Fsp3) is 0.333. The number of hydrogen-bond acceptors (Lipinski definition) is 8. The number of likely N-dealkylation sites (N-methyl/N-ethyl adjacent to an activating group) is 2. The lowest BCUT2D eigenvalue weighted by atomic mass is 10.1. The number of methoxy groups -OCH3 is 1. The zero-order valence-electron chi connectivity index (χ0n) is 25.4. The predicted octanol–water partition coefficient (Wildman–Crippen LogP) is 6.03. The first kappa shape index (κ1) is 33.3. The van der Waals surface area contributed by atoms with Crippen LogP contribution in [-0.2, 0) is 11.3 Å². The van der Waals surface area contributed by atoms with Crippen LogP contribution in [-0.4, -0.2) is 85.3 Å². The molecule has 0 aliphatic carbocycles. The number of rotatable bonds is 11. The summed E-state index contributed by atoms with van der Waals surface area (Å²) in [5.74, 6) is 0.110. The van der Waals surface area contributed by atoms with Gasteiger partial charge in [0.05, 0.1) is 36.4 Å². The minimum absolute atomic E-state index is 0.0332. The van der Waals surface area contributed by atoms with Crippen LogP contribution in [0.3, 0.4) is 0 Å². The Balaban J connectivity index is 1.77. The van der Waals surface area contributed by atoms with Crippen molar-refractivity contribution in [2.75, 3.05) is 61.8 Å². The summed E-state index contributed by atoms with van der Waals surface area (Å²) in [7, 11) is 7.27. The molecule has 3 amide bonds. The first-order chi connectivity index (χ1) is 21.2. The molecule has 4 rings (SSSR count). The molecule has 2 heterocycles. The number of hydrogen-bond donors (Lipinski definition) is 2. The Morgan fingerprint density at radius 3 is 2.47 bits per heavy atom. The van der Waals surface area contributed by atoms with Gasteiger partial charge in [0.1, 0.15) is 11.8 Å². The molecular weight excluding hydrogens is 613 g/mol. The Hall–Kier alpha value is -4.56. The zero-order valence-corrected chi connectivity index (χ0v) is 26.2. The van der Waals surface area contributed by atoms with Gasteiger partial charge in [-0.15, -0.1) is 0 Å². The summed E-state index contributed by atoms with van der Waals surface area (Å²) in [4.78, 5) is 40.6. The second-order valence-electron chi connectivity index (χ2n) is 10.6. The van der Waals surface area contributed by atoms with E-state index in [1.165, 1.54) is 37.6 Å². The number of nitrogens with zero attached hydrogens (tertiary/aromatic N) is 6. The van der Waals surface area contributed by atoms with Gasteiger partial charge in [-0.25, -0.2) is 14.7 Å². The summed E-state index contributed by atoms with van der Waals surface area (Å²) >= 11 is 6.04. The van der Waals surface area contributed by atoms with Crippen LogP contribution in [0.25, 0.3) is 0 Å². The first-order valence-corrected chi connectivity index (χ1v) is 14.2. The highest BCUT2D eigenvalue weighted by Gasteiger charge is 2.46. The maximum atomic E-state index is 13.7. The standard InChI is InChI=1S/C30H34ClF3N8O3/c1-7-26(43)36-22-14-23(25(45-6)15-24(22)40(5)13-12-39(3)4)37-28-35-16-19-17-41(18(2)30(32,33)34)29(44)42(27(19)38-28)21-10-8-20(31)9-11-21/h7-11,14-16,18H,1,12-13,17H2,2-6H3,(H,36,43)(H,35,37,38)/t18-/m0/s1. The maximum Gasteiger partial charge on any atom is 0.408 e. The topological polar surface area (TPSA) is 106 Å². The number of ether oxygens (including phenoxy) is 1. The maximum absolute atomic E-state index is 13.7. The van der Waals surface area contributed by atoms with Crippen LogP contribution in [0.1, 0.15) is 12.5 Å². The molecule has 0 unspecified atom stereocenters. The van der Waals surface area contributed by atoms with Crippen LogP contribution in [0.15, 0.2) is 55.3 Å². The van der Waals surface area contributed by atoms with Crippen LogP contribution < -0.4 is 25.2 Å². The van der Waals surface area contributed by atoms with E-state index >= 15 is 0 Å². The van der Waals surface area contributed by atoms with Crippen LogP contribution in [0.2, 0.25) is 5.02 Å². The summed E-state index contributed by atoms with van der Waals surface area (Å²) in [6.45, 7) is 5.50.